The van der Waals surface area contributed by atoms with Crippen LogP contribution in [0.1, 0.15) is 45.6 Å². The number of ether oxygens (including phenoxy) is 3. The van der Waals surface area contributed by atoms with E-state index in [0.717, 1.165) is 31.4 Å². The second-order valence-electron chi connectivity index (χ2n) is 9.28. The fourth-order valence-corrected chi connectivity index (χ4v) is 5.13. The van der Waals surface area contributed by atoms with Gasteiger partial charge in [0, 0.05) is 30.3 Å². The van der Waals surface area contributed by atoms with Gasteiger partial charge in [-0.15, -0.1) is 0 Å². The van der Waals surface area contributed by atoms with E-state index in [4.69, 9.17) is 14.2 Å². The minimum Gasteiger partial charge on any atom is -0.497 e. The Morgan fingerprint density at radius 2 is 1.93 bits per heavy atom. The molecule has 0 spiro atoms. The SMILES string of the molecule is COc1ccc(/C=C/C(=O)OCC(=O)N2C[C@@]3(C)C[C@@H]2CC(C)(C)C3)c(OC)c1. The van der Waals surface area contributed by atoms with Crippen LogP contribution in [0.15, 0.2) is 24.3 Å². The molecular formula is C23H31NO5. The van der Waals surface area contributed by atoms with E-state index in [9.17, 15) is 9.59 Å². The van der Waals surface area contributed by atoms with E-state index >= 15 is 0 Å². The van der Waals surface area contributed by atoms with Crippen LogP contribution in [0.4, 0.5) is 0 Å². The summed E-state index contributed by atoms with van der Waals surface area (Å²) in [5, 5.41) is 0. The highest BCUT2D eigenvalue weighted by molar-refractivity contribution is 5.89. The molecule has 1 saturated heterocycles. The molecule has 3 rings (SSSR count). The van der Waals surface area contributed by atoms with Crippen molar-refractivity contribution in [2.24, 2.45) is 10.8 Å². The van der Waals surface area contributed by atoms with Crippen molar-refractivity contribution in [1.29, 1.82) is 0 Å². The van der Waals surface area contributed by atoms with Crippen molar-refractivity contribution in [3.63, 3.8) is 0 Å². The van der Waals surface area contributed by atoms with Crippen LogP contribution in [-0.2, 0) is 14.3 Å². The number of likely N-dealkylation sites (tertiary alicyclic amines) is 1. The Morgan fingerprint density at radius 3 is 2.62 bits per heavy atom. The molecular weight excluding hydrogens is 370 g/mol. The normalized spacial score (nSPS) is 25.1. The van der Waals surface area contributed by atoms with Crippen LogP contribution in [0.5, 0.6) is 11.5 Å². The zero-order valence-corrected chi connectivity index (χ0v) is 18.0. The minimum atomic E-state index is -0.551. The van der Waals surface area contributed by atoms with Crippen molar-refractivity contribution >= 4 is 18.0 Å². The number of hydrogen-bond acceptors (Lipinski definition) is 5. The highest BCUT2D eigenvalue weighted by atomic mass is 16.5. The van der Waals surface area contributed by atoms with Crippen LogP contribution in [0.25, 0.3) is 6.08 Å². The van der Waals surface area contributed by atoms with E-state index in [1.807, 2.05) is 4.90 Å². The number of carbonyl (C=O) groups is 2. The van der Waals surface area contributed by atoms with E-state index < -0.39 is 5.97 Å². The standard InChI is InChI=1S/C23H31NO5/c1-22(2)11-17-12-23(3,14-22)15-24(17)20(25)13-29-21(26)9-7-16-6-8-18(27-4)10-19(16)28-5/h6-10,17H,11-15H2,1-5H3/b9-7+/t17-,23-/m0/s1. The molecule has 0 radical (unpaired) electrons. The third-order valence-corrected chi connectivity index (χ3v) is 5.91. The van der Waals surface area contributed by atoms with Gasteiger partial charge in [-0.1, -0.05) is 20.8 Å². The summed E-state index contributed by atoms with van der Waals surface area (Å²) in [4.78, 5) is 26.7. The quantitative estimate of drug-likeness (QED) is 0.537. The largest absolute Gasteiger partial charge is 0.497 e. The molecule has 158 valence electrons. The zero-order chi connectivity index (χ0) is 21.2. The van der Waals surface area contributed by atoms with Crippen LogP contribution >= 0.6 is 0 Å². The Morgan fingerprint density at radius 1 is 1.17 bits per heavy atom. The Kier molecular flexibility index (Phi) is 5.92. The van der Waals surface area contributed by atoms with Gasteiger partial charge in [0.25, 0.3) is 5.91 Å². The van der Waals surface area contributed by atoms with Gasteiger partial charge in [-0.3, -0.25) is 4.79 Å². The summed E-state index contributed by atoms with van der Waals surface area (Å²) in [7, 11) is 3.13. The van der Waals surface area contributed by atoms with Gasteiger partial charge in [-0.25, -0.2) is 4.79 Å². The summed E-state index contributed by atoms with van der Waals surface area (Å²) < 4.78 is 15.7. The first-order valence-corrected chi connectivity index (χ1v) is 10.0. The molecule has 0 aromatic heterocycles. The molecule has 2 aliphatic rings. The number of methoxy groups -OCH3 is 2. The smallest absolute Gasteiger partial charge is 0.331 e. The molecule has 2 fully saturated rings. The molecule has 1 aromatic carbocycles. The van der Waals surface area contributed by atoms with Gasteiger partial charge < -0.3 is 19.1 Å². The fourth-order valence-electron chi connectivity index (χ4n) is 5.13. The van der Waals surface area contributed by atoms with Crippen LogP contribution in [-0.4, -0.2) is 50.2 Å². The molecule has 1 heterocycles. The zero-order valence-electron chi connectivity index (χ0n) is 18.0. The summed E-state index contributed by atoms with van der Waals surface area (Å²) in [5.41, 5.74) is 1.13. The Balaban J connectivity index is 1.56. The lowest BCUT2D eigenvalue weighted by atomic mass is 9.65. The van der Waals surface area contributed by atoms with E-state index in [1.54, 1.807) is 38.5 Å². The van der Waals surface area contributed by atoms with E-state index in [0.29, 0.717) is 11.5 Å². The van der Waals surface area contributed by atoms with Crippen molar-refractivity contribution in [1.82, 2.24) is 4.90 Å². The maximum atomic E-state index is 12.7. The molecule has 6 heteroatoms. The molecule has 1 amide bonds. The molecule has 2 bridgehead atoms. The maximum absolute atomic E-state index is 12.7. The van der Waals surface area contributed by atoms with Crippen molar-refractivity contribution < 1.29 is 23.8 Å². The van der Waals surface area contributed by atoms with Gasteiger partial charge in [0.1, 0.15) is 11.5 Å². The average molecular weight is 402 g/mol. The minimum absolute atomic E-state index is 0.111. The molecule has 0 unspecified atom stereocenters. The predicted molar refractivity (Wildman–Crippen MR) is 111 cm³/mol. The third kappa shape index (κ3) is 4.92. The van der Waals surface area contributed by atoms with Crippen molar-refractivity contribution in [3.8, 4) is 11.5 Å². The number of nitrogens with zero attached hydrogens (tertiary/aromatic N) is 1. The summed E-state index contributed by atoms with van der Waals surface area (Å²) in [6, 6.07) is 5.56. The number of fused-ring (bicyclic) bond motifs is 2. The lowest BCUT2D eigenvalue weighted by molar-refractivity contribution is -0.148. The van der Waals surface area contributed by atoms with Gasteiger partial charge in [0.15, 0.2) is 6.61 Å². The number of rotatable bonds is 6. The lowest BCUT2D eigenvalue weighted by Crippen LogP contribution is -2.39. The average Bonchev–Trinajstić information content (AvgIpc) is 2.92. The highest BCUT2D eigenvalue weighted by Gasteiger charge is 2.50. The first-order valence-electron chi connectivity index (χ1n) is 10.0. The molecule has 1 aromatic rings. The summed E-state index contributed by atoms with van der Waals surface area (Å²) in [6.07, 6.45) is 6.07. The summed E-state index contributed by atoms with van der Waals surface area (Å²) in [6.45, 7) is 7.31. The highest BCUT2D eigenvalue weighted by Crippen LogP contribution is 2.52. The third-order valence-electron chi connectivity index (χ3n) is 5.91. The first kappa shape index (κ1) is 21.2. The first-order chi connectivity index (χ1) is 13.6. The lowest BCUT2D eigenvalue weighted by Gasteiger charge is -2.39. The summed E-state index contributed by atoms with van der Waals surface area (Å²) in [5.74, 6) is 0.592. The number of hydrogen-bond donors (Lipinski definition) is 0. The van der Waals surface area contributed by atoms with E-state index in [-0.39, 0.29) is 29.4 Å². The van der Waals surface area contributed by atoms with E-state index in [2.05, 4.69) is 20.8 Å². The predicted octanol–water partition coefficient (Wildman–Crippen LogP) is 3.69. The van der Waals surface area contributed by atoms with E-state index in [1.165, 1.54) is 6.08 Å². The van der Waals surface area contributed by atoms with Crippen LogP contribution in [0.3, 0.4) is 0 Å². The second kappa shape index (κ2) is 8.09. The van der Waals surface area contributed by atoms with Gasteiger partial charge in [-0.2, -0.15) is 0 Å². The molecule has 6 nitrogen and oxygen atoms in total. The fraction of sp³-hybridized carbons (Fsp3) is 0.565. The van der Waals surface area contributed by atoms with Gasteiger partial charge in [-0.05, 0) is 48.3 Å². The Hall–Kier alpha value is -2.50. The van der Waals surface area contributed by atoms with Crippen LogP contribution in [0, 0.1) is 10.8 Å². The van der Waals surface area contributed by atoms with Gasteiger partial charge >= 0.3 is 5.97 Å². The summed E-state index contributed by atoms with van der Waals surface area (Å²) >= 11 is 0. The molecule has 2 atom stereocenters. The number of benzene rings is 1. The van der Waals surface area contributed by atoms with Crippen molar-refractivity contribution in [2.45, 2.75) is 46.1 Å². The molecule has 0 N–H and O–H groups in total. The molecule has 1 saturated carbocycles. The van der Waals surface area contributed by atoms with Gasteiger partial charge in [0.2, 0.25) is 0 Å². The van der Waals surface area contributed by atoms with Crippen molar-refractivity contribution in [2.75, 3.05) is 27.4 Å². The molecule has 1 aliphatic carbocycles. The maximum Gasteiger partial charge on any atom is 0.331 e. The Labute approximate surface area is 172 Å². The van der Waals surface area contributed by atoms with Crippen molar-refractivity contribution in [3.05, 3.63) is 29.8 Å². The van der Waals surface area contributed by atoms with Crippen LogP contribution in [0.2, 0.25) is 0 Å². The number of amides is 1. The van der Waals surface area contributed by atoms with Gasteiger partial charge in [0.05, 0.1) is 14.2 Å². The second-order valence-corrected chi connectivity index (χ2v) is 9.28. The molecule has 29 heavy (non-hydrogen) atoms. The molecule has 1 aliphatic heterocycles. The van der Waals surface area contributed by atoms with Crippen LogP contribution < -0.4 is 9.47 Å². The number of esters is 1. The number of carbonyl (C=O) groups excluding carboxylic acids is 2. The topological polar surface area (TPSA) is 65.1 Å². The monoisotopic (exact) mass is 401 g/mol. The Bertz CT molecular complexity index is 815.